The maximum atomic E-state index is 11.7. The van der Waals surface area contributed by atoms with Gasteiger partial charge in [-0.3, -0.25) is 0 Å². The zero-order valence-corrected chi connectivity index (χ0v) is 12.3. The van der Waals surface area contributed by atoms with Crippen molar-refractivity contribution < 1.29 is 4.79 Å². The molecule has 2 amide bonds. The van der Waals surface area contributed by atoms with Crippen LogP contribution < -0.4 is 16.4 Å². The van der Waals surface area contributed by atoms with Gasteiger partial charge >= 0.3 is 6.03 Å². The van der Waals surface area contributed by atoms with Gasteiger partial charge < -0.3 is 16.4 Å². The number of benzene rings is 2. The summed E-state index contributed by atoms with van der Waals surface area (Å²) in [5, 5.41) is 5.61. The Morgan fingerprint density at radius 1 is 0.905 bits per heavy atom. The topological polar surface area (TPSA) is 67.1 Å². The summed E-state index contributed by atoms with van der Waals surface area (Å²) < 4.78 is 0. The third-order valence-electron chi connectivity index (χ3n) is 2.99. The largest absolute Gasteiger partial charge is 0.389 e. The smallest absolute Gasteiger partial charge is 0.315 e. The quantitative estimate of drug-likeness (QED) is 0.742. The molecular weight excluding hydrogens is 282 g/mol. The van der Waals surface area contributed by atoms with Gasteiger partial charge in [0.2, 0.25) is 0 Å². The summed E-state index contributed by atoms with van der Waals surface area (Å²) in [7, 11) is 0. The predicted molar refractivity (Wildman–Crippen MR) is 87.8 cm³/mol. The normalized spacial score (nSPS) is 9.90. The Bertz CT molecular complexity index is 611. The van der Waals surface area contributed by atoms with Gasteiger partial charge in [0.25, 0.3) is 0 Å². The molecule has 0 saturated carbocycles. The van der Waals surface area contributed by atoms with Crippen LogP contribution in [0.1, 0.15) is 16.7 Å². The highest BCUT2D eigenvalue weighted by Gasteiger charge is 2.01. The SMILES string of the molecule is NC(=S)c1ccc(CNC(=O)NCc2ccccc2)cc1. The molecule has 0 aliphatic rings. The Kier molecular flexibility index (Phi) is 5.29. The minimum absolute atomic E-state index is 0.197. The molecule has 108 valence electrons. The van der Waals surface area contributed by atoms with Crippen molar-refractivity contribution in [2.24, 2.45) is 5.73 Å². The van der Waals surface area contributed by atoms with E-state index in [-0.39, 0.29) is 6.03 Å². The van der Waals surface area contributed by atoms with Crippen LogP contribution in [0.25, 0.3) is 0 Å². The Balaban J connectivity index is 1.77. The molecule has 21 heavy (non-hydrogen) atoms. The lowest BCUT2D eigenvalue weighted by molar-refractivity contribution is 0.240. The van der Waals surface area contributed by atoms with Crippen LogP contribution in [0.5, 0.6) is 0 Å². The number of carbonyl (C=O) groups is 1. The van der Waals surface area contributed by atoms with Gasteiger partial charge in [-0.05, 0) is 11.1 Å². The molecule has 0 bridgehead atoms. The Labute approximate surface area is 129 Å². The number of rotatable bonds is 5. The van der Waals surface area contributed by atoms with Gasteiger partial charge in [0.1, 0.15) is 4.99 Å². The van der Waals surface area contributed by atoms with Crippen LogP contribution in [-0.4, -0.2) is 11.0 Å². The minimum atomic E-state index is -0.197. The van der Waals surface area contributed by atoms with Crippen molar-refractivity contribution >= 4 is 23.2 Å². The Morgan fingerprint density at radius 3 is 1.95 bits per heavy atom. The summed E-state index contributed by atoms with van der Waals surface area (Å²) in [4.78, 5) is 12.1. The molecule has 0 aromatic heterocycles. The van der Waals surface area contributed by atoms with Crippen LogP contribution in [0.4, 0.5) is 4.79 Å². The minimum Gasteiger partial charge on any atom is -0.389 e. The molecule has 0 atom stereocenters. The van der Waals surface area contributed by atoms with E-state index < -0.39 is 0 Å². The zero-order valence-electron chi connectivity index (χ0n) is 11.5. The fourth-order valence-electron chi connectivity index (χ4n) is 1.81. The average molecular weight is 299 g/mol. The fraction of sp³-hybridized carbons (Fsp3) is 0.125. The number of thiocarbonyl (C=S) groups is 1. The van der Waals surface area contributed by atoms with E-state index in [2.05, 4.69) is 10.6 Å². The van der Waals surface area contributed by atoms with Crippen molar-refractivity contribution in [2.45, 2.75) is 13.1 Å². The van der Waals surface area contributed by atoms with E-state index in [1.807, 2.05) is 54.6 Å². The summed E-state index contributed by atoms with van der Waals surface area (Å²) in [6.07, 6.45) is 0. The summed E-state index contributed by atoms with van der Waals surface area (Å²) in [5.41, 5.74) is 8.41. The third kappa shape index (κ3) is 4.89. The van der Waals surface area contributed by atoms with Crippen molar-refractivity contribution in [3.05, 3.63) is 71.3 Å². The molecule has 2 rings (SSSR count). The fourth-order valence-corrected chi connectivity index (χ4v) is 1.95. The number of nitrogens with one attached hydrogen (secondary N) is 2. The molecule has 0 aliphatic carbocycles. The third-order valence-corrected chi connectivity index (χ3v) is 3.22. The van der Waals surface area contributed by atoms with Crippen molar-refractivity contribution in [1.82, 2.24) is 10.6 Å². The number of nitrogens with two attached hydrogens (primary N) is 1. The van der Waals surface area contributed by atoms with Gasteiger partial charge in [-0.15, -0.1) is 0 Å². The summed E-state index contributed by atoms with van der Waals surface area (Å²) >= 11 is 4.89. The van der Waals surface area contributed by atoms with Crippen molar-refractivity contribution in [3.8, 4) is 0 Å². The highest BCUT2D eigenvalue weighted by Crippen LogP contribution is 2.04. The van der Waals surface area contributed by atoms with Crippen LogP contribution in [-0.2, 0) is 13.1 Å². The Morgan fingerprint density at radius 2 is 1.43 bits per heavy atom. The summed E-state index contributed by atoms with van der Waals surface area (Å²) in [6.45, 7) is 0.964. The molecular formula is C16H17N3OS. The summed E-state index contributed by atoms with van der Waals surface area (Å²) in [5.74, 6) is 0. The monoisotopic (exact) mass is 299 g/mol. The van der Waals surface area contributed by atoms with Crippen LogP contribution in [0.2, 0.25) is 0 Å². The van der Waals surface area contributed by atoms with Gasteiger partial charge in [0, 0.05) is 18.7 Å². The first-order chi connectivity index (χ1) is 10.1. The van der Waals surface area contributed by atoms with Crippen molar-refractivity contribution in [1.29, 1.82) is 0 Å². The van der Waals surface area contributed by atoms with Gasteiger partial charge in [-0.2, -0.15) is 0 Å². The number of hydrogen-bond acceptors (Lipinski definition) is 2. The molecule has 5 heteroatoms. The molecule has 4 nitrogen and oxygen atoms in total. The highest BCUT2D eigenvalue weighted by atomic mass is 32.1. The maximum Gasteiger partial charge on any atom is 0.315 e. The van der Waals surface area contributed by atoms with Gasteiger partial charge in [-0.1, -0.05) is 66.8 Å². The van der Waals surface area contributed by atoms with E-state index in [1.165, 1.54) is 0 Å². The molecule has 4 N–H and O–H groups in total. The predicted octanol–water partition coefficient (Wildman–Crippen LogP) is 2.32. The lowest BCUT2D eigenvalue weighted by Gasteiger charge is -2.08. The van der Waals surface area contributed by atoms with Gasteiger partial charge in [0.05, 0.1) is 0 Å². The van der Waals surface area contributed by atoms with Crippen LogP contribution in [0.15, 0.2) is 54.6 Å². The first-order valence-electron chi connectivity index (χ1n) is 6.59. The molecule has 0 fully saturated rings. The maximum absolute atomic E-state index is 11.7. The second-order valence-corrected chi connectivity index (χ2v) is 5.02. The van der Waals surface area contributed by atoms with Crippen LogP contribution in [0, 0.1) is 0 Å². The standard InChI is InChI=1S/C16H17N3OS/c17-15(21)14-8-6-13(7-9-14)11-19-16(20)18-10-12-4-2-1-3-5-12/h1-9H,10-11H2,(H2,17,21)(H2,18,19,20). The molecule has 0 radical (unpaired) electrons. The number of amides is 2. The second kappa shape index (κ2) is 7.40. The lowest BCUT2D eigenvalue weighted by atomic mass is 10.1. The first-order valence-corrected chi connectivity index (χ1v) is 7.00. The molecule has 2 aromatic rings. The average Bonchev–Trinajstić information content (AvgIpc) is 2.52. The number of urea groups is 1. The Hall–Kier alpha value is -2.40. The second-order valence-electron chi connectivity index (χ2n) is 4.58. The van der Waals surface area contributed by atoms with E-state index in [4.69, 9.17) is 18.0 Å². The van der Waals surface area contributed by atoms with E-state index in [1.54, 1.807) is 0 Å². The molecule has 0 heterocycles. The molecule has 0 aliphatic heterocycles. The molecule has 0 saturated heterocycles. The highest BCUT2D eigenvalue weighted by molar-refractivity contribution is 7.80. The van der Waals surface area contributed by atoms with Crippen molar-refractivity contribution in [2.75, 3.05) is 0 Å². The van der Waals surface area contributed by atoms with Crippen LogP contribution >= 0.6 is 12.2 Å². The molecule has 0 spiro atoms. The van der Waals surface area contributed by atoms with E-state index in [0.29, 0.717) is 18.1 Å². The van der Waals surface area contributed by atoms with Gasteiger partial charge in [-0.25, -0.2) is 4.79 Å². The lowest BCUT2D eigenvalue weighted by Crippen LogP contribution is -2.34. The molecule has 0 unspecified atom stereocenters. The van der Waals surface area contributed by atoms with E-state index in [9.17, 15) is 4.79 Å². The molecule has 2 aromatic carbocycles. The van der Waals surface area contributed by atoms with Crippen molar-refractivity contribution in [3.63, 3.8) is 0 Å². The van der Waals surface area contributed by atoms with Gasteiger partial charge in [0.15, 0.2) is 0 Å². The first kappa shape index (κ1) is 15.0. The number of hydrogen-bond donors (Lipinski definition) is 3. The van der Waals surface area contributed by atoms with E-state index in [0.717, 1.165) is 16.7 Å². The van der Waals surface area contributed by atoms with Crippen LogP contribution in [0.3, 0.4) is 0 Å². The van der Waals surface area contributed by atoms with E-state index >= 15 is 0 Å². The summed E-state index contributed by atoms with van der Waals surface area (Å²) in [6, 6.07) is 17.1. The zero-order chi connectivity index (χ0) is 15.1. The number of carbonyl (C=O) groups excluding carboxylic acids is 1.